The van der Waals surface area contributed by atoms with E-state index >= 15 is 0 Å². The van der Waals surface area contributed by atoms with Crippen LogP contribution in [0.4, 0.5) is 11.6 Å². The third-order valence-corrected chi connectivity index (χ3v) is 4.97. The molecule has 146 valence electrons. The van der Waals surface area contributed by atoms with Crippen LogP contribution in [0.25, 0.3) is 5.82 Å². The first-order chi connectivity index (χ1) is 13.5. The predicted molar refractivity (Wildman–Crippen MR) is 109 cm³/mol. The van der Waals surface area contributed by atoms with E-state index in [-0.39, 0.29) is 0 Å². The number of aromatic nitrogens is 6. The number of hydrogen-bond donors (Lipinski definition) is 0. The second kappa shape index (κ2) is 7.53. The highest BCUT2D eigenvalue weighted by Gasteiger charge is 2.20. The van der Waals surface area contributed by atoms with Gasteiger partial charge in [0.2, 0.25) is 0 Å². The summed E-state index contributed by atoms with van der Waals surface area (Å²) in [6, 6.07) is 8.03. The smallest absolute Gasteiger partial charge is 0.176 e. The Labute approximate surface area is 165 Å². The molecule has 0 amide bonds. The lowest BCUT2D eigenvalue weighted by Crippen LogP contribution is -2.47. The number of rotatable bonds is 4. The lowest BCUT2D eigenvalue weighted by atomic mass is 10.2. The van der Waals surface area contributed by atoms with Crippen molar-refractivity contribution >= 4 is 11.6 Å². The minimum Gasteiger partial charge on any atom is -0.353 e. The molecule has 1 saturated heterocycles. The molecule has 1 aliphatic rings. The van der Waals surface area contributed by atoms with E-state index in [1.54, 1.807) is 0 Å². The van der Waals surface area contributed by atoms with Gasteiger partial charge in [0.1, 0.15) is 11.6 Å². The molecule has 1 aliphatic heterocycles. The molecule has 0 atom stereocenters. The maximum absolute atomic E-state index is 4.71. The van der Waals surface area contributed by atoms with Crippen molar-refractivity contribution in [1.29, 1.82) is 0 Å². The number of piperazine rings is 1. The summed E-state index contributed by atoms with van der Waals surface area (Å²) in [6.45, 7) is 11.8. The molecule has 0 aliphatic carbocycles. The monoisotopic (exact) mass is 378 g/mol. The molecule has 0 aromatic carbocycles. The summed E-state index contributed by atoms with van der Waals surface area (Å²) in [6.07, 6.45) is 1.85. The summed E-state index contributed by atoms with van der Waals surface area (Å²) < 4.78 is 1.82. The maximum Gasteiger partial charge on any atom is 0.176 e. The van der Waals surface area contributed by atoms with Gasteiger partial charge < -0.3 is 9.80 Å². The summed E-state index contributed by atoms with van der Waals surface area (Å²) in [7, 11) is 0. The first-order valence-electron chi connectivity index (χ1n) is 9.71. The molecule has 0 spiro atoms. The van der Waals surface area contributed by atoms with Gasteiger partial charge in [-0.25, -0.2) is 14.6 Å². The van der Waals surface area contributed by atoms with Crippen LogP contribution in [0.2, 0.25) is 0 Å². The van der Waals surface area contributed by atoms with Gasteiger partial charge in [-0.1, -0.05) is 13.8 Å². The molecule has 3 aromatic rings. The summed E-state index contributed by atoms with van der Waals surface area (Å²) in [5, 5.41) is 13.3. The van der Waals surface area contributed by atoms with E-state index in [2.05, 4.69) is 43.9 Å². The number of hydrogen-bond acceptors (Lipinski definition) is 7. The minimum absolute atomic E-state index is 0.331. The van der Waals surface area contributed by atoms with Crippen molar-refractivity contribution in [2.75, 3.05) is 36.0 Å². The summed E-state index contributed by atoms with van der Waals surface area (Å²) in [5.74, 6) is 3.87. The highest BCUT2D eigenvalue weighted by molar-refractivity contribution is 5.45. The number of anilines is 2. The van der Waals surface area contributed by atoms with Crippen molar-refractivity contribution in [3.63, 3.8) is 0 Å². The van der Waals surface area contributed by atoms with Crippen molar-refractivity contribution in [3.8, 4) is 5.82 Å². The lowest BCUT2D eigenvalue weighted by Gasteiger charge is -2.35. The first kappa shape index (κ1) is 18.3. The third-order valence-electron chi connectivity index (χ3n) is 4.97. The van der Waals surface area contributed by atoms with Crippen molar-refractivity contribution in [2.24, 2.45) is 0 Å². The molecule has 4 rings (SSSR count). The minimum atomic E-state index is 0.331. The zero-order valence-corrected chi connectivity index (χ0v) is 16.9. The highest BCUT2D eigenvalue weighted by atomic mass is 15.4. The Morgan fingerprint density at radius 3 is 2.07 bits per heavy atom. The largest absolute Gasteiger partial charge is 0.353 e. The molecule has 0 bridgehead atoms. The predicted octanol–water partition coefficient (Wildman–Crippen LogP) is 2.52. The van der Waals surface area contributed by atoms with Crippen LogP contribution < -0.4 is 9.80 Å². The zero-order valence-electron chi connectivity index (χ0n) is 16.9. The molecule has 1 fully saturated rings. The van der Waals surface area contributed by atoms with Crippen LogP contribution in [0.3, 0.4) is 0 Å². The molecule has 0 saturated carbocycles. The van der Waals surface area contributed by atoms with Gasteiger partial charge >= 0.3 is 0 Å². The lowest BCUT2D eigenvalue weighted by molar-refractivity contribution is 0.632. The molecule has 0 unspecified atom stereocenters. The average molecular weight is 378 g/mol. The molecule has 3 aromatic heterocycles. The third kappa shape index (κ3) is 3.67. The second-order valence-corrected chi connectivity index (χ2v) is 7.49. The van der Waals surface area contributed by atoms with E-state index in [1.807, 2.05) is 49.0 Å². The van der Waals surface area contributed by atoms with Gasteiger partial charge in [0.25, 0.3) is 0 Å². The molecule has 8 nitrogen and oxygen atoms in total. The fourth-order valence-corrected chi connectivity index (χ4v) is 3.44. The molecular formula is C20H26N8. The Bertz CT molecular complexity index is 939. The van der Waals surface area contributed by atoms with E-state index in [9.17, 15) is 0 Å². The number of nitrogens with zero attached hydrogens (tertiary/aromatic N) is 8. The van der Waals surface area contributed by atoms with Gasteiger partial charge in [0.05, 0.1) is 5.69 Å². The maximum atomic E-state index is 4.71. The van der Waals surface area contributed by atoms with E-state index in [0.717, 1.165) is 60.8 Å². The SMILES string of the molecule is Cc1cc(C)n(-c2ccc(N3CCN(c4ccnc(C(C)C)n4)CC3)nn2)n1. The van der Waals surface area contributed by atoms with Gasteiger partial charge in [-0.15, -0.1) is 10.2 Å². The molecular weight excluding hydrogens is 352 g/mol. The van der Waals surface area contributed by atoms with Gasteiger partial charge in [0.15, 0.2) is 11.6 Å². The van der Waals surface area contributed by atoms with Gasteiger partial charge in [-0.3, -0.25) is 0 Å². The molecule has 0 radical (unpaired) electrons. The van der Waals surface area contributed by atoms with Crippen LogP contribution in [0.5, 0.6) is 0 Å². The van der Waals surface area contributed by atoms with E-state index in [0.29, 0.717) is 5.92 Å². The first-order valence-corrected chi connectivity index (χ1v) is 9.71. The second-order valence-electron chi connectivity index (χ2n) is 7.49. The van der Waals surface area contributed by atoms with Gasteiger partial charge in [-0.2, -0.15) is 5.10 Å². The van der Waals surface area contributed by atoms with Gasteiger partial charge in [0, 0.05) is 44.0 Å². The Morgan fingerprint density at radius 2 is 1.50 bits per heavy atom. The standard InChI is InChI=1S/C20H26N8/c1-14(2)20-21-8-7-17(22-20)26-9-11-27(12-10-26)18-5-6-19(24-23-18)28-16(4)13-15(3)25-28/h5-8,13-14H,9-12H2,1-4H3. The van der Waals surface area contributed by atoms with Gasteiger partial charge in [-0.05, 0) is 38.1 Å². The summed E-state index contributed by atoms with van der Waals surface area (Å²) in [4.78, 5) is 13.6. The number of aryl methyl sites for hydroxylation is 2. The van der Waals surface area contributed by atoms with E-state index in [4.69, 9.17) is 4.98 Å². The summed E-state index contributed by atoms with van der Waals surface area (Å²) in [5.41, 5.74) is 2.03. The zero-order chi connectivity index (χ0) is 19.7. The van der Waals surface area contributed by atoms with E-state index < -0.39 is 0 Å². The molecule has 0 N–H and O–H groups in total. The topological polar surface area (TPSA) is 75.9 Å². The normalized spacial score (nSPS) is 14.8. The Hall–Kier alpha value is -3.03. The average Bonchev–Trinajstić information content (AvgIpc) is 3.06. The van der Waals surface area contributed by atoms with Crippen LogP contribution in [-0.4, -0.2) is 56.1 Å². The van der Waals surface area contributed by atoms with Crippen LogP contribution >= 0.6 is 0 Å². The molecule has 8 heteroatoms. The van der Waals surface area contributed by atoms with Crippen LogP contribution in [-0.2, 0) is 0 Å². The Balaban J connectivity index is 1.42. The molecule has 28 heavy (non-hydrogen) atoms. The fraction of sp³-hybridized carbons (Fsp3) is 0.450. The van der Waals surface area contributed by atoms with Crippen molar-refractivity contribution in [1.82, 2.24) is 29.9 Å². The Morgan fingerprint density at radius 1 is 0.857 bits per heavy atom. The highest BCUT2D eigenvalue weighted by Crippen LogP contribution is 2.19. The molecule has 4 heterocycles. The van der Waals surface area contributed by atoms with Crippen molar-refractivity contribution < 1.29 is 0 Å². The van der Waals surface area contributed by atoms with Crippen LogP contribution in [0.15, 0.2) is 30.5 Å². The van der Waals surface area contributed by atoms with Crippen LogP contribution in [0, 0.1) is 13.8 Å². The summed E-state index contributed by atoms with van der Waals surface area (Å²) >= 11 is 0. The quantitative estimate of drug-likeness (QED) is 0.690. The van der Waals surface area contributed by atoms with Crippen molar-refractivity contribution in [3.05, 3.63) is 47.7 Å². The van der Waals surface area contributed by atoms with E-state index in [1.165, 1.54) is 0 Å². The van der Waals surface area contributed by atoms with Crippen molar-refractivity contribution in [2.45, 2.75) is 33.6 Å². The Kier molecular flexibility index (Phi) is 4.93. The fourth-order valence-electron chi connectivity index (χ4n) is 3.44. The van der Waals surface area contributed by atoms with Crippen LogP contribution in [0.1, 0.15) is 37.0 Å².